The molecule has 4 aliphatic rings. The van der Waals surface area contributed by atoms with Gasteiger partial charge in [0.2, 0.25) is 0 Å². The van der Waals surface area contributed by atoms with E-state index in [4.69, 9.17) is 20.1 Å². The highest BCUT2D eigenvalue weighted by atomic mass is 32.2. The lowest BCUT2D eigenvalue weighted by atomic mass is 9.81. The average molecular weight is 764 g/mol. The number of thioether (sulfide) groups is 1. The van der Waals surface area contributed by atoms with Crippen LogP contribution in [0.25, 0.3) is 22.9 Å². The number of ether oxygens (including phenoxy) is 1. The van der Waals surface area contributed by atoms with Gasteiger partial charge in [-0.3, -0.25) is 15.4 Å². The van der Waals surface area contributed by atoms with Crippen LogP contribution in [0.15, 0.2) is 22.2 Å². The molecule has 53 heavy (non-hydrogen) atoms. The number of halogens is 1. The van der Waals surface area contributed by atoms with E-state index in [2.05, 4.69) is 64.8 Å². The minimum absolute atomic E-state index is 0.00217. The van der Waals surface area contributed by atoms with Gasteiger partial charge in [-0.2, -0.15) is 10.2 Å². The maximum absolute atomic E-state index is 15.2. The van der Waals surface area contributed by atoms with Crippen LogP contribution < -0.4 is 25.4 Å². The largest absolute Gasteiger partial charge is 0.464 e. The number of fused-ring (bicyclic) bond motifs is 2. The number of aliphatic hydroxyl groups excluding tert-OH is 1. The van der Waals surface area contributed by atoms with E-state index < -0.39 is 11.9 Å². The first-order valence-electron chi connectivity index (χ1n) is 19.4. The number of nitriles is 1. The van der Waals surface area contributed by atoms with Crippen molar-refractivity contribution in [1.82, 2.24) is 15.0 Å². The number of rotatable bonds is 14. The lowest BCUT2D eigenvalue weighted by molar-refractivity contribution is 0.125. The number of unbranched alkanes of at least 4 members (excludes halogenated alkanes) is 4. The Kier molecular flexibility index (Phi) is 15.9. The number of hydrogen-bond acceptors (Lipinski definition) is 9. The van der Waals surface area contributed by atoms with E-state index in [1.54, 1.807) is 0 Å². The second-order valence-electron chi connectivity index (χ2n) is 14.5. The lowest BCUT2D eigenvalue weighted by Crippen LogP contribution is -2.41. The number of H-pyrrole nitrogens is 1. The first-order chi connectivity index (χ1) is 25.6. The number of pyridine rings is 1. The molecule has 1 aromatic rings. The molecule has 0 spiro atoms. The van der Waals surface area contributed by atoms with Crippen molar-refractivity contribution in [2.45, 2.75) is 129 Å². The molecule has 4 atom stereocenters. The number of piperidine rings is 1. The highest BCUT2D eigenvalue weighted by Crippen LogP contribution is 2.35. The number of benzene rings is 1. The fourth-order valence-corrected chi connectivity index (χ4v) is 8.06. The summed E-state index contributed by atoms with van der Waals surface area (Å²) >= 11 is 0.945. The van der Waals surface area contributed by atoms with Gasteiger partial charge in [-0.1, -0.05) is 90.7 Å². The quantitative estimate of drug-likeness (QED) is 0.114. The Morgan fingerprint density at radius 3 is 2.64 bits per heavy atom. The first kappa shape index (κ1) is 42.4. The van der Waals surface area contributed by atoms with Crippen molar-refractivity contribution in [3.8, 4) is 23.3 Å². The van der Waals surface area contributed by atoms with Gasteiger partial charge in [0.05, 0.1) is 51.3 Å². The zero-order chi connectivity index (χ0) is 38.7. The van der Waals surface area contributed by atoms with Crippen molar-refractivity contribution in [2.24, 2.45) is 10.4 Å². The van der Waals surface area contributed by atoms with Crippen LogP contribution in [-0.2, 0) is 0 Å². The Labute approximate surface area is 321 Å². The van der Waals surface area contributed by atoms with Gasteiger partial charge in [-0.25, -0.2) is 4.39 Å². The summed E-state index contributed by atoms with van der Waals surface area (Å²) in [6, 6.07) is 4.45. The van der Waals surface area contributed by atoms with Crippen molar-refractivity contribution < 1.29 is 14.2 Å². The average Bonchev–Trinajstić information content (AvgIpc) is 3.52. The van der Waals surface area contributed by atoms with Crippen LogP contribution in [0.5, 0.6) is 6.01 Å². The SMILES string of the molecule is C/C=c1/c2c(N3CCCC(O)C3)nc(OCC(C)(CCCC)CCCCCC)[nH]c-2c/c(=c2\ncc(F)c3c2=C(C#N)C(=N)S3)c1=NC(C)CC.CP. The molecule has 5 rings (SSSR count). The van der Waals surface area contributed by atoms with Gasteiger partial charge in [-0.15, -0.1) is 9.24 Å². The molecular formula is C41H59FN7O2PS. The molecule has 4 unspecified atom stereocenters. The van der Waals surface area contributed by atoms with E-state index >= 15 is 4.39 Å². The van der Waals surface area contributed by atoms with Crippen LogP contribution in [-0.4, -0.2) is 63.6 Å². The molecule has 3 aliphatic heterocycles. The van der Waals surface area contributed by atoms with E-state index in [9.17, 15) is 10.4 Å². The summed E-state index contributed by atoms with van der Waals surface area (Å²) in [6.45, 7) is 16.5. The third-order valence-electron chi connectivity index (χ3n) is 10.3. The number of aliphatic hydroxyl groups is 1. The monoisotopic (exact) mass is 763 g/mol. The molecule has 0 bridgehead atoms. The van der Waals surface area contributed by atoms with E-state index in [0.717, 1.165) is 92.0 Å². The van der Waals surface area contributed by atoms with E-state index in [1.165, 1.54) is 25.5 Å². The molecule has 4 heterocycles. The summed E-state index contributed by atoms with van der Waals surface area (Å²) in [5, 5.41) is 32.2. The van der Waals surface area contributed by atoms with E-state index in [-0.39, 0.29) is 27.0 Å². The molecule has 1 saturated heterocycles. The fraction of sp³-hybridized carbons (Fsp3) is 0.585. The zero-order valence-corrected chi connectivity index (χ0v) is 34.7. The number of nitrogens with one attached hydrogen (secondary N) is 2. The summed E-state index contributed by atoms with van der Waals surface area (Å²) in [5.74, 6) is 0.158. The standard InChI is InChI=1S/C40H54FN7O2S.CH5P/c1-7-11-13-14-18-40(6,17-12-8-2)24-50-39-46-31-20-28(35-33-29(21-42)37(43)51-36(33)30(41)22-44-35)34(45-25(5)9-3)27(10-4)32(31)38(47-39)48-19-15-16-26(49)23-48;1-2/h10,20,22,25-26,43,49H,7-9,11-19,23-24H2,1-6H3,(H,46,47);2H2,1H3/b27-10-,35-28+,43-37?,45-34?;. The van der Waals surface area contributed by atoms with Crippen molar-refractivity contribution in [3.63, 3.8) is 0 Å². The van der Waals surface area contributed by atoms with Crippen LogP contribution in [0.3, 0.4) is 0 Å². The number of hydrogen-bond donors (Lipinski definition) is 3. The molecule has 1 aromatic heterocycles. The Morgan fingerprint density at radius 1 is 1.25 bits per heavy atom. The molecule has 0 amide bonds. The van der Waals surface area contributed by atoms with Gasteiger partial charge in [0.15, 0.2) is 5.82 Å². The summed E-state index contributed by atoms with van der Waals surface area (Å²) in [6.07, 6.45) is 14.3. The molecule has 0 saturated carbocycles. The van der Waals surface area contributed by atoms with Crippen molar-refractivity contribution in [2.75, 3.05) is 31.3 Å². The second kappa shape index (κ2) is 19.8. The molecular weight excluding hydrogens is 705 g/mol. The number of aromatic amines is 1. The third kappa shape index (κ3) is 9.87. The Bertz CT molecular complexity index is 2050. The van der Waals surface area contributed by atoms with Crippen LogP contribution in [0.1, 0.15) is 112 Å². The van der Waals surface area contributed by atoms with Crippen molar-refractivity contribution in [3.05, 3.63) is 44.4 Å². The van der Waals surface area contributed by atoms with E-state index in [0.29, 0.717) is 40.3 Å². The number of β-amino-alcohol motifs (C(OH)–C–C–N with tert-alkyl or cyclic N) is 1. The summed E-state index contributed by atoms with van der Waals surface area (Å²) < 4.78 is 21.8. The van der Waals surface area contributed by atoms with Gasteiger partial charge in [0.1, 0.15) is 16.9 Å². The van der Waals surface area contributed by atoms with Crippen molar-refractivity contribution >= 4 is 43.5 Å². The molecule has 288 valence electrons. The molecule has 1 aliphatic carbocycles. The minimum Gasteiger partial charge on any atom is -0.464 e. The van der Waals surface area contributed by atoms with E-state index in [1.807, 2.05) is 25.7 Å². The van der Waals surface area contributed by atoms with Gasteiger partial charge in [0, 0.05) is 40.2 Å². The second-order valence-corrected chi connectivity index (χ2v) is 15.5. The molecule has 3 N–H and O–H groups in total. The van der Waals surface area contributed by atoms with Crippen molar-refractivity contribution in [1.29, 1.82) is 10.7 Å². The Morgan fingerprint density at radius 2 is 1.98 bits per heavy atom. The highest BCUT2D eigenvalue weighted by molar-refractivity contribution is 8.15. The topological polar surface area (TPSA) is 134 Å². The predicted molar refractivity (Wildman–Crippen MR) is 219 cm³/mol. The minimum atomic E-state index is -0.560. The Balaban J connectivity index is 0.00000308. The van der Waals surface area contributed by atoms with Gasteiger partial charge >= 0.3 is 0 Å². The molecule has 0 aromatic carbocycles. The summed E-state index contributed by atoms with van der Waals surface area (Å²) in [4.78, 5) is 20.8. The van der Waals surface area contributed by atoms with Gasteiger partial charge in [-0.05, 0) is 52.0 Å². The smallest absolute Gasteiger partial charge is 0.295 e. The third-order valence-corrected chi connectivity index (χ3v) is 11.3. The van der Waals surface area contributed by atoms with Crippen LogP contribution in [0.4, 0.5) is 10.2 Å². The predicted octanol–water partition coefficient (Wildman–Crippen LogP) is 7.59. The molecule has 12 heteroatoms. The first-order valence-corrected chi connectivity index (χ1v) is 21.4. The molecule has 9 nitrogen and oxygen atoms in total. The summed E-state index contributed by atoms with van der Waals surface area (Å²) in [5.41, 5.74) is 1.68. The Hall–Kier alpha value is -3.32. The highest BCUT2D eigenvalue weighted by Gasteiger charge is 2.29. The number of anilines is 1. The summed E-state index contributed by atoms with van der Waals surface area (Å²) in [7, 11) is 2.42. The van der Waals surface area contributed by atoms with Crippen LogP contribution in [0.2, 0.25) is 0 Å². The normalized spacial score (nSPS) is 18.7. The van der Waals surface area contributed by atoms with Crippen LogP contribution in [0, 0.1) is 38.5 Å². The maximum Gasteiger partial charge on any atom is 0.295 e. The van der Waals surface area contributed by atoms with Crippen LogP contribution >= 0.6 is 21.0 Å². The maximum atomic E-state index is 15.2. The number of nitrogens with zero attached hydrogens (tertiary/aromatic N) is 5. The zero-order valence-electron chi connectivity index (χ0n) is 32.7. The fourth-order valence-electron chi connectivity index (χ4n) is 7.16. The molecule has 1 fully saturated rings. The molecule has 0 radical (unpaired) electrons. The van der Waals surface area contributed by atoms with Gasteiger partial charge in [0.25, 0.3) is 6.01 Å². The number of aromatic nitrogens is 3. The van der Waals surface area contributed by atoms with Gasteiger partial charge < -0.3 is 19.7 Å². The lowest BCUT2D eigenvalue weighted by Gasteiger charge is -2.33.